The van der Waals surface area contributed by atoms with Crippen molar-refractivity contribution < 1.29 is 9.59 Å². The van der Waals surface area contributed by atoms with Crippen molar-refractivity contribution in [3.8, 4) is 0 Å². The molecule has 0 spiro atoms. The summed E-state index contributed by atoms with van der Waals surface area (Å²) in [6.07, 6.45) is 1.47. The zero-order valence-corrected chi connectivity index (χ0v) is 9.75. The Morgan fingerprint density at radius 1 is 1.06 bits per heavy atom. The Labute approximate surface area is 95.7 Å². The van der Waals surface area contributed by atoms with Crippen molar-refractivity contribution in [1.82, 2.24) is 0 Å². The van der Waals surface area contributed by atoms with Crippen LogP contribution in [0.25, 0.3) is 0 Å². The van der Waals surface area contributed by atoms with E-state index in [0.29, 0.717) is 19.3 Å². The predicted molar refractivity (Wildman–Crippen MR) is 62.4 cm³/mol. The van der Waals surface area contributed by atoms with E-state index >= 15 is 0 Å². The van der Waals surface area contributed by atoms with Gasteiger partial charge in [-0.3, -0.25) is 9.59 Å². The normalized spacial score (nSPS) is 17.1. The average molecular weight is 216 g/mol. The maximum absolute atomic E-state index is 11.6. The van der Waals surface area contributed by atoms with Crippen LogP contribution in [-0.2, 0) is 16.0 Å². The van der Waals surface area contributed by atoms with Crippen LogP contribution in [0.5, 0.6) is 0 Å². The zero-order chi connectivity index (χ0) is 11.7. The molecule has 2 heteroatoms. The van der Waals surface area contributed by atoms with Crippen molar-refractivity contribution >= 4 is 11.6 Å². The van der Waals surface area contributed by atoms with E-state index in [4.69, 9.17) is 0 Å². The minimum atomic E-state index is -0.375. The molecule has 1 aromatic carbocycles. The molecule has 1 aromatic rings. The molecule has 0 aromatic heterocycles. The first-order valence-electron chi connectivity index (χ1n) is 5.70. The Kier molecular flexibility index (Phi) is 2.90. The summed E-state index contributed by atoms with van der Waals surface area (Å²) < 4.78 is 0. The van der Waals surface area contributed by atoms with E-state index < -0.39 is 0 Å². The van der Waals surface area contributed by atoms with Crippen LogP contribution in [0, 0.1) is 19.8 Å². The number of ketones is 2. The van der Waals surface area contributed by atoms with Gasteiger partial charge in [0.05, 0.1) is 5.92 Å². The number of carbonyl (C=O) groups excluding carboxylic acids is 2. The van der Waals surface area contributed by atoms with Crippen LogP contribution in [0.1, 0.15) is 29.5 Å². The van der Waals surface area contributed by atoms with Gasteiger partial charge in [0, 0.05) is 12.8 Å². The highest BCUT2D eigenvalue weighted by Gasteiger charge is 2.33. The number of Topliss-reactive ketones (excluding diaryl/α,β-unsaturated/α-hetero) is 2. The molecule has 1 fully saturated rings. The Hall–Kier alpha value is -1.44. The van der Waals surface area contributed by atoms with Gasteiger partial charge in [-0.05, 0) is 37.0 Å². The largest absolute Gasteiger partial charge is 0.299 e. The lowest BCUT2D eigenvalue weighted by Crippen LogP contribution is -2.18. The standard InChI is InChI=1S/C14H16O2/c1-9-4-3-5-10(2)11(9)8-12-13(15)6-7-14(12)16/h3-5,12H,6-8H2,1-2H3. The molecule has 1 saturated carbocycles. The molecule has 0 aliphatic heterocycles. The number of hydrogen-bond donors (Lipinski definition) is 0. The highest BCUT2D eigenvalue weighted by molar-refractivity contribution is 6.08. The van der Waals surface area contributed by atoms with Crippen molar-refractivity contribution in [2.24, 2.45) is 5.92 Å². The molecule has 0 radical (unpaired) electrons. The quantitative estimate of drug-likeness (QED) is 0.711. The van der Waals surface area contributed by atoms with Crippen molar-refractivity contribution in [3.05, 3.63) is 34.9 Å². The van der Waals surface area contributed by atoms with E-state index in [1.807, 2.05) is 32.0 Å². The number of benzene rings is 1. The number of hydrogen-bond acceptors (Lipinski definition) is 2. The van der Waals surface area contributed by atoms with Gasteiger partial charge in [0.1, 0.15) is 11.6 Å². The van der Waals surface area contributed by atoms with Crippen LogP contribution in [0.4, 0.5) is 0 Å². The minimum Gasteiger partial charge on any atom is -0.299 e. The van der Waals surface area contributed by atoms with Crippen molar-refractivity contribution in [2.45, 2.75) is 33.1 Å². The summed E-state index contributed by atoms with van der Waals surface area (Å²) in [6.45, 7) is 4.07. The second-order valence-corrected chi connectivity index (χ2v) is 4.56. The molecule has 84 valence electrons. The second kappa shape index (κ2) is 4.20. The van der Waals surface area contributed by atoms with Crippen molar-refractivity contribution in [2.75, 3.05) is 0 Å². The monoisotopic (exact) mass is 216 g/mol. The van der Waals surface area contributed by atoms with Crippen molar-refractivity contribution in [1.29, 1.82) is 0 Å². The smallest absolute Gasteiger partial charge is 0.144 e. The molecule has 0 bridgehead atoms. The summed E-state index contributed by atoms with van der Waals surface area (Å²) in [6, 6.07) is 6.07. The molecule has 0 amide bonds. The lowest BCUT2D eigenvalue weighted by Gasteiger charge is -2.12. The molecular formula is C14H16O2. The van der Waals surface area contributed by atoms with Gasteiger partial charge in [-0.1, -0.05) is 18.2 Å². The van der Waals surface area contributed by atoms with E-state index in [-0.39, 0.29) is 17.5 Å². The van der Waals surface area contributed by atoms with E-state index in [1.165, 1.54) is 11.1 Å². The number of rotatable bonds is 2. The molecule has 0 heterocycles. The van der Waals surface area contributed by atoms with Crippen LogP contribution >= 0.6 is 0 Å². The molecule has 0 unspecified atom stereocenters. The van der Waals surface area contributed by atoms with Gasteiger partial charge in [0.15, 0.2) is 0 Å². The van der Waals surface area contributed by atoms with Crippen molar-refractivity contribution in [3.63, 3.8) is 0 Å². The van der Waals surface area contributed by atoms with Gasteiger partial charge >= 0.3 is 0 Å². The highest BCUT2D eigenvalue weighted by Crippen LogP contribution is 2.25. The van der Waals surface area contributed by atoms with Crippen LogP contribution < -0.4 is 0 Å². The van der Waals surface area contributed by atoms with Crippen LogP contribution in [-0.4, -0.2) is 11.6 Å². The molecule has 2 rings (SSSR count). The summed E-state index contributed by atoms with van der Waals surface area (Å²) in [5, 5.41) is 0. The molecule has 16 heavy (non-hydrogen) atoms. The SMILES string of the molecule is Cc1cccc(C)c1CC1C(=O)CCC1=O. The fraction of sp³-hybridized carbons (Fsp3) is 0.429. The number of carbonyl (C=O) groups is 2. The molecule has 1 aliphatic carbocycles. The second-order valence-electron chi connectivity index (χ2n) is 4.56. The van der Waals surface area contributed by atoms with Gasteiger partial charge in [0.2, 0.25) is 0 Å². The summed E-state index contributed by atoms with van der Waals surface area (Å²) in [5.74, 6) is -0.139. The Bertz CT molecular complexity index is 410. The fourth-order valence-electron chi connectivity index (χ4n) is 2.38. The van der Waals surface area contributed by atoms with E-state index in [1.54, 1.807) is 0 Å². The maximum Gasteiger partial charge on any atom is 0.144 e. The Balaban J connectivity index is 2.27. The van der Waals surface area contributed by atoms with E-state index in [9.17, 15) is 9.59 Å². The minimum absolute atomic E-state index is 0.118. The lowest BCUT2D eigenvalue weighted by molar-refractivity contribution is -0.127. The summed E-state index contributed by atoms with van der Waals surface area (Å²) in [5.41, 5.74) is 3.51. The molecule has 1 aliphatic rings. The third-order valence-corrected chi connectivity index (χ3v) is 3.45. The third kappa shape index (κ3) is 1.92. The van der Waals surface area contributed by atoms with Crippen LogP contribution in [0.2, 0.25) is 0 Å². The molecule has 0 N–H and O–H groups in total. The zero-order valence-electron chi connectivity index (χ0n) is 9.75. The first-order chi connectivity index (χ1) is 7.59. The van der Waals surface area contributed by atoms with Crippen LogP contribution in [0.3, 0.4) is 0 Å². The first kappa shape index (κ1) is 11.1. The van der Waals surface area contributed by atoms with E-state index in [2.05, 4.69) is 0 Å². The third-order valence-electron chi connectivity index (χ3n) is 3.45. The Morgan fingerprint density at radius 3 is 2.06 bits per heavy atom. The summed E-state index contributed by atoms with van der Waals surface area (Å²) >= 11 is 0. The van der Waals surface area contributed by atoms with Gasteiger partial charge in [-0.15, -0.1) is 0 Å². The summed E-state index contributed by atoms with van der Waals surface area (Å²) in [7, 11) is 0. The summed E-state index contributed by atoms with van der Waals surface area (Å²) in [4.78, 5) is 23.2. The van der Waals surface area contributed by atoms with Gasteiger partial charge < -0.3 is 0 Å². The van der Waals surface area contributed by atoms with Crippen LogP contribution in [0.15, 0.2) is 18.2 Å². The maximum atomic E-state index is 11.6. The highest BCUT2D eigenvalue weighted by atomic mass is 16.2. The molecule has 2 nitrogen and oxygen atoms in total. The molecule has 0 atom stereocenters. The lowest BCUT2D eigenvalue weighted by atomic mass is 9.91. The number of aryl methyl sites for hydroxylation is 2. The average Bonchev–Trinajstić information content (AvgIpc) is 2.54. The topological polar surface area (TPSA) is 34.1 Å². The first-order valence-corrected chi connectivity index (χ1v) is 5.70. The van der Waals surface area contributed by atoms with E-state index in [0.717, 1.165) is 5.56 Å². The van der Waals surface area contributed by atoms with Gasteiger partial charge in [0.25, 0.3) is 0 Å². The molecule has 0 saturated heterocycles. The Morgan fingerprint density at radius 2 is 1.56 bits per heavy atom. The van der Waals surface area contributed by atoms with Gasteiger partial charge in [-0.2, -0.15) is 0 Å². The predicted octanol–water partition coefficient (Wildman–Crippen LogP) is 2.39. The van der Waals surface area contributed by atoms with Gasteiger partial charge in [-0.25, -0.2) is 0 Å². The molecular weight excluding hydrogens is 200 g/mol. The fourth-order valence-corrected chi connectivity index (χ4v) is 2.38.